The lowest BCUT2D eigenvalue weighted by Crippen LogP contribution is -2.41. The highest BCUT2D eigenvalue weighted by molar-refractivity contribution is 5.99. The van der Waals surface area contributed by atoms with Crippen LogP contribution < -0.4 is 5.32 Å². The molecule has 20 heavy (non-hydrogen) atoms. The number of carbonyl (C=O) groups is 1. The first-order valence-electron chi connectivity index (χ1n) is 7.33. The summed E-state index contributed by atoms with van der Waals surface area (Å²) >= 11 is 0. The van der Waals surface area contributed by atoms with E-state index in [-0.39, 0.29) is 5.91 Å². The standard InChI is InChI=1S/C16H25N3O/c1-16(2)8-5-12(6-9-16)19(4)15(20)13-11-18-10-7-14(13)17-3/h7,10-12H,5-6,8-9H2,1-4H3,(H,17,18). The zero-order valence-electron chi connectivity index (χ0n) is 12.9. The van der Waals surface area contributed by atoms with Crippen molar-refractivity contribution in [2.45, 2.75) is 45.6 Å². The van der Waals surface area contributed by atoms with Crippen molar-refractivity contribution in [3.63, 3.8) is 0 Å². The Balaban J connectivity index is 2.09. The van der Waals surface area contributed by atoms with Gasteiger partial charge in [-0.3, -0.25) is 9.78 Å². The fourth-order valence-corrected chi connectivity index (χ4v) is 2.91. The third-order valence-corrected chi connectivity index (χ3v) is 4.50. The first-order valence-corrected chi connectivity index (χ1v) is 7.33. The lowest BCUT2D eigenvalue weighted by molar-refractivity contribution is 0.0636. The summed E-state index contributed by atoms with van der Waals surface area (Å²) in [6, 6.07) is 2.19. The van der Waals surface area contributed by atoms with Crippen LogP contribution in [0, 0.1) is 5.41 Å². The second-order valence-electron chi connectivity index (χ2n) is 6.48. The minimum atomic E-state index is 0.0622. The van der Waals surface area contributed by atoms with Crippen molar-refractivity contribution < 1.29 is 4.79 Å². The van der Waals surface area contributed by atoms with Crippen molar-refractivity contribution in [1.29, 1.82) is 0 Å². The highest BCUT2D eigenvalue weighted by Gasteiger charge is 2.31. The second-order valence-corrected chi connectivity index (χ2v) is 6.48. The highest BCUT2D eigenvalue weighted by atomic mass is 16.2. The third kappa shape index (κ3) is 3.11. The van der Waals surface area contributed by atoms with E-state index < -0.39 is 0 Å². The number of pyridine rings is 1. The number of carbonyl (C=O) groups excluding carboxylic acids is 1. The monoisotopic (exact) mass is 275 g/mol. The van der Waals surface area contributed by atoms with Crippen molar-refractivity contribution in [3.05, 3.63) is 24.0 Å². The van der Waals surface area contributed by atoms with Gasteiger partial charge in [0, 0.05) is 38.2 Å². The SMILES string of the molecule is CNc1ccncc1C(=O)N(C)C1CCC(C)(C)CC1. The van der Waals surface area contributed by atoms with Crippen LogP contribution in [0.2, 0.25) is 0 Å². The zero-order valence-corrected chi connectivity index (χ0v) is 12.9. The van der Waals surface area contributed by atoms with E-state index in [0.29, 0.717) is 17.0 Å². The average Bonchev–Trinajstić information content (AvgIpc) is 2.45. The molecule has 0 unspecified atom stereocenters. The van der Waals surface area contributed by atoms with Crippen LogP contribution in [0.3, 0.4) is 0 Å². The van der Waals surface area contributed by atoms with Gasteiger partial charge in [0.15, 0.2) is 0 Å². The molecule has 1 fully saturated rings. The van der Waals surface area contributed by atoms with E-state index in [9.17, 15) is 4.79 Å². The summed E-state index contributed by atoms with van der Waals surface area (Å²) in [5, 5.41) is 3.06. The number of amides is 1. The van der Waals surface area contributed by atoms with E-state index in [1.807, 2.05) is 25.1 Å². The molecule has 4 heteroatoms. The molecule has 1 saturated carbocycles. The molecule has 0 spiro atoms. The summed E-state index contributed by atoms with van der Waals surface area (Å²) in [4.78, 5) is 18.6. The predicted octanol–water partition coefficient (Wildman–Crippen LogP) is 3.16. The molecule has 0 bridgehead atoms. The van der Waals surface area contributed by atoms with E-state index in [4.69, 9.17) is 0 Å². The van der Waals surface area contributed by atoms with Gasteiger partial charge in [0.1, 0.15) is 0 Å². The smallest absolute Gasteiger partial charge is 0.257 e. The number of hydrogen-bond acceptors (Lipinski definition) is 3. The summed E-state index contributed by atoms with van der Waals surface area (Å²) in [7, 11) is 3.74. The van der Waals surface area contributed by atoms with Crippen LogP contribution in [0.25, 0.3) is 0 Å². The number of aromatic nitrogens is 1. The third-order valence-electron chi connectivity index (χ3n) is 4.50. The van der Waals surface area contributed by atoms with Gasteiger partial charge in [0.25, 0.3) is 5.91 Å². The fourth-order valence-electron chi connectivity index (χ4n) is 2.91. The van der Waals surface area contributed by atoms with Crippen LogP contribution in [0.1, 0.15) is 49.9 Å². The molecule has 0 aliphatic heterocycles. The van der Waals surface area contributed by atoms with Crippen molar-refractivity contribution in [1.82, 2.24) is 9.88 Å². The highest BCUT2D eigenvalue weighted by Crippen LogP contribution is 2.37. The number of anilines is 1. The molecular weight excluding hydrogens is 250 g/mol. The van der Waals surface area contributed by atoms with Crippen LogP contribution in [0.5, 0.6) is 0 Å². The Morgan fingerprint density at radius 1 is 1.40 bits per heavy atom. The molecular formula is C16H25N3O. The molecule has 1 amide bonds. The van der Waals surface area contributed by atoms with Gasteiger partial charge in [-0.2, -0.15) is 0 Å². The van der Waals surface area contributed by atoms with Crippen LogP contribution in [-0.4, -0.2) is 35.9 Å². The normalized spacial score (nSPS) is 18.6. The molecule has 1 heterocycles. The molecule has 1 N–H and O–H groups in total. The maximum atomic E-state index is 12.6. The Bertz CT molecular complexity index is 474. The van der Waals surface area contributed by atoms with Crippen molar-refractivity contribution in [2.24, 2.45) is 5.41 Å². The molecule has 4 nitrogen and oxygen atoms in total. The molecule has 0 radical (unpaired) electrons. The van der Waals surface area contributed by atoms with Gasteiger partial charge in [-0.1, -0.05) is 13.8 Å². The molecule has 2 rings (SSSR count). The summed E-state index contributed by atoms with van der Waals surface area (Å²) in [6.45, 7) is 4.62. The van der Waals surface area contributed by atoms with Gasteiger partial charge in [-0.05, 0) is 37.2 Å². The number of nitrogens with one attached hydrogen (secondary N) is 1. The topological polar surface area (TPSA) is 45.2 Å². The number of nitrogens with zero attached hydrogens (tertiary/aromatic N) is 2. The van der Waals surface area contributed by atoms with Gasteiger partial charge in [-0.15, -0.1) is 0 Å². The van der Waals surface area contributed by atoms with Crippen LogP contribution in [0.4, 0.5) is 5.69 Å². The first-order chi connectivity index (χ1) is 9.44. The van der Waals surface area contributed by atoms with Gasteiger partial charge in [0.05, 0.1) is 5.56 Å². The molecule has 110 valence electrons. The molecule has 0 atom stereocenters. The Kier molecular flexibility index (Phi) is 4.31. The van der Waals surface area contributed by atoms with Gasteiger partial charge in [-0.25, -0.2) is 0 Å². The Morgan fingerprint density at radius 2 is 2.05 bits per heavy atom. The van der Waals surface area contributed by atoms with Crippen LogP contribution in [-0.2, 0) is 0 Å². The quantitative estimate of drug-likeness (QED) is 0.921. The van der Waals surface area contributed by atoms with Gasteiger partial charge >= 0.3 is 0 Å². The largest absolute Gasteiger partial charge is 0.387 e. The molecule has 1 aliphatic rings. The average molecular weight is 275 g/mol. The maximum Gasteiger partial charge on any atom is 0.257 e. The van der Waals surface area contributed by atoms with Gasteiger partial charge in [0.2, 0.25) is 0 Å². The van der Waals surface area contributed by atoms with Gasteiger partial charge < -0.3 is 10.2 Å². The molecule has 0 saturated heterocycles. The van der Waals surface area contributed by atoms with Crippen molar-refractivity contribution in [3.8, 4) is 0 Å². The van der Waals surface area contributed by atoms with E-state index >= 15 is 0 Å². The second kappa shape index (κ2) is 5.81. The lowest BCUT2D eigenvalue weighted by atomic mass is 9.75. The summed E-state index contributed by atoms with van der Waals surface area (Å²) in [6.07, 6.45) is 7.89. The number of rotatable bonds is 3. The summed E-state index contributed by atoms with van der Waals surface area (Å²) in [5.41, 5.74) is 1.92. The minimum absolute atomic E-state index is 0.0622. The summed E-state index contributed by atoms with van der Waals surface area (Å²) < 4.78 is 0. The lowest BCUT2D eigenvalue weighted by Gasteiger charge is -2.38. The minimum Gasteiger partial charge on any atom is -0.387 e. The molecule has 0 aromatic carbocycles. The van der Waals surface area contributed by atoms with Crippen molar-refractivity contribution >= 4 is 11.6 Å². The Hall–Kier alpha value is -1.58. The van der Waals surface area contributed by atoms with E-state index in [2.05, 4.69) is 24.1 Å². The molecule has 1 aromatic heterocycles. The van der Waals surface area contributed by atoms with E-state index in [1.165, 1.54) is 12.8 Å². The van der Waals surface area contributed by atoms with E-state index in [0.717, 1.165) is 18.5 Å². The Morgan fingerprint density at radius 3 is 2.65 bits per heavy atom. The molecule has 1 aliphatic carbocycles. The van der Waals surface area contributed by atoms with Crippen molar-refractivity contribution in [2.75, 3.05) is 19.4 Å². The first kappa shape index (κ1) is 14.8. The zero-order chi connectivity index (χ0) is 14.8. The summed E-state index contributed by atoms with van der Waals surface area (Å²) in [5.74, 6) is 0.0622. The Labute approximate surface area is 121 Å². The fraction of sp³-hybridized carbons (Fsp3) is 0.625. The maximum absolute atomic E-state index is 12.6. The number of hydrogen-bond donors (Lipinski definition) is 1. The predicted molar refractivity (Wildman–Crippen MR) is 81.9 cm³/mol. The van der Waals surface area contributed by atoms with Crippen LogP contribution >= 0.6 is 0 Å². The van der Waals surface area contributed by atoms with Crippen LogP contribution in [0.15, 0.2) is 18.5 Å². The molecule has 1 aromatic rings. The van der Waals surface area contributed by atoms with E-state index in [1.54, 1.807) is 12.4 Å².